The molecule has 0 radical (unpaired) electrons. The number of halogens is 1. The lowest BCUT2D eigenvalue weighted by Crippen LogP contribution is -2.17. The largest absolute Gasteiger partial charge is 0.465 e. The fourth-order valence-electron chi connectivity index (χ4n) is 2.64. The zero-order valence-electron chi connectivity index (χ0n) is 15.3. The van der Waals surface area contributed by atoms with E-state index in [1.54, 1.807) is 17.7 Å². The number of hydrogen-bond donors (Lipinski definition) is 0. The van der Waals surface area contributed by atoms with Crippen molar-refractivity contribution in [1.29, 1.82) is 0 Å². The van der Waals surface area contributed by atoms with Crippen molar-refractivity contribution in [2.45, 2.75) is 43.4 Å². The molecule has 4 nitrogen and oxygen atoms in total. The summed E-state index contributed by atoms with van der Waals surface area (Å²) in [5.74, 6) is -0.203. The highest BCUT2D eigenvalue weighted by atomic mass is 35.5. The minimum Gasteiger partial charge on any atom is -0.465 e. The van der Waals surface area contributed by atoms with Gasteiger partial charge in [-0.1, -0.05) is 55.3 Å². The van der Waals surface area contributed by atoms with E-state index in [-0.39, 0.29) is 11.2 Å². The topological polar surface area (TPSA) is 52.1 Å². The van der Waals surface area contributed by atoms with E-state index < -0.39 is 0 Å². The first-order valence-electron chi connectivity index (χ1n) is 8.91. The highest BCUT2D eigenvalue weighted by Gasteiger charge is 2.20. The van der Waals surface area contributed by atoms with Crippen LogP contribution in [-0.2, 0) is 9.53 Å². The molecule has 0 saturated carbocycles. The maximum atomic E-state index is 12.3. The van der Waals surface area contributed by atoms with Crippen molar-refractivity contribution < 1.29 is 9.53 Å². The summed E-state index contributed by atoms with van der Waals surface area (Å²) in [6.45, 7) is 4.46. The minimum atomic E-state index is -0.331. The number of carbonyl (C=O) groups is 1. The zero-order valence-corrected chi connectivity index (χ0v) is 17.7. The first-order chi connectivity index (χ1) is 13.1. The van der Waals surface area contributed by atoms with E-state index >= 15 is 0 Å². The van der Waals surface area contributed by atoms with Gasteiger partial charge in [0.15, 0.2) is 0 Å². The third kappa shape index (κ3) is 5.00. The summed E-state index contributed by atoms with van der Waals surface area (Å²) in [5.41, 5.74) is 2.11. The average Bonchev–Trinajstić information content (AvgIpc) is 3.11. The molecule has 1 atom stereocenters. The van der Waals surface area contributed by atoms with Gasteiger partial charge in [-0.3, -0.25) is 4.79 Å². The van der Waals surface area contributed by atoms with Crippen LogP contribution in [0.15, 0.2) is 41.0 Å². The fraction of sp³-hybridized carbons (Fsp3) is 0.350. The molecule has 2 aromatic heterocycles. The number of rotatable bonds is 8. The molecule has 3 aromatic rings. The molecule has 0 unspecified atom stereocenters. The van der Waals surface area contributed by atoms with Crippen molar-refractivity contribution in [2.75, 3.05) is 6.61 Å². The van der Waals surface area contributed by atoms with Gasteiger partial charge in [0.05, 0.1) is 12.0 Å². The molecule has 7 heteroatoms. The van der Waals surface area contributed by atoms with E-state index in [0.29, 0.717) is 11.6 Å². The van der Waals surface area contributed by atoms with Crippen LogP contribution in [0.1, 0.15) is 33.1 Å². The molecule has 1 aromatic carbocycles. The van der Waals surface area contributed by atoms with E-state index in [0.717, 1.165) is 45.6 Å². The number of esters is 1. The van der Waals surface area contributed by atoms with Crippen LogP contribution < -0.4 is 0 Å². The Balaban J connectivity index is 1.81. The lowest BCUT2D eigenvalue weighted by Gasteiger charge is -2.12. The van der Waals surface area contributed by atoms with Gasteiger partial charge in [0.25, 0.3) is 0 Å². The Hall–Kier alpha value is -1.63. The van der Waals surface area contributed by atoms with Gasteiger partial charge in [0.1, 0.15) is 21.4 Å². The molecule has 0 saturated heterocycles. The van der Waals surface area contributed by atoms with Gasteiger partial charge in [0, 0.05) is 16.0 Å². The fourth-order valence-corrected chi connectivity index (χ4v) is 4.67. The van der Waals surface area contributed by atoms with Crippen molar-refractivity contribution in [1.82, 2.24) is 9.97 Å². The molecule has 142 valence electrons. The number of aromatic nitrogens is 2. The number of ether oxygens (including phenoxy) is 1. The molecule has 0 spiro atoms. The number of carbonyl (C=O) groups excluding carboxylic acids is 1. The molecule has 0 bridgehead atoms. The van der Waals surface area contributed by atoms with E-state index in [1.165, 1.54) is 11.8 Å². The van der Waals surface area contributed by atoms with Crippen LogP contribution in [-0.4, -0.2) is 27.8 Å². The van der Waals surface area contributed by atoms with Crippen molar-refractivity contribution in [3.63, 3.8) is 0 Å². The third-order valence-electron chi connectivity index (χ3n) is 4.10. The Bertz CT molecular complexity index is 912. The van der Waals surface area contributed by atoms with Crippen LogP contribution >= 0.6 is 34.7 Å². The monoisotopic (exact) mass is 420 g/mol. The van der Waals surface area contributed by atoms with Crippen molar-refractivity contribution in [3.05, 3.63) is 41.0 Å². The van der Waals surface area contributed by atoms with Crippen LogP contribution in [0.25, 0.3) is 21.3 Å². The molecule has 2 heterocycles. The third-order valence-corrected chi connectivity index (χ3v) is 6.32. The number of thiophene rings is 1. The van der Waals surface area contributed by atoms with E-state index in [2.05, 4.69) is 22.3 Å². The highest BCUT2D eigenvalue weighted by molar-refractivity contribution is 8.00. The lowest BCUT2D eigenvalue weighted by molar-refractivity contribution is -0.142. The molecule has 3 rings (SSSR count). The zero-order chi connectivity index (χ0) is 19.2. The van der Waals surface area contributed by atoms with Gasteiger partial charge in [-0.2, -0.15) is 0 Å². The van der Waals surface area contributed by atoms with E-state index in [9.17, 15) is 4.79 Å². The Morgan fingerprint density at radius 2 is 2.04 bits per heavy atom. The number of thioether (sulfide) groups is 1. The summed E-state index contributed by atoms with van der Waals surface area (Å²) in [6.07, 6.45) is 4.63. The molecule has 0 amide bonds. The van der Waals surface area contributed by atoms with Gasteiger partial charge in [-0.05, 0) is 31.0 Å². The lowest BCUT2D eigenvalue weighted by atomic mass is 10.1. The molecule has 0 N–H and O–H groups in total. The molecular formula is C20H21ClN2O2S2. The quantitative estimate of drug-likeness (QED) is 0.187. The highest BCUT2D eigenvalue weighted by Crippen LogP contribution is 2.39. The van der Waals surface area contributed by atoms with E-state index in [4.69, 9.17) is 16.3 Å². The van der Waals surface area contributed by atoms with Crippen molar-refractivity contribution in [2.24, 2.45) is 0 Å². The van der Waals surface area contributed by atoms with Crippen LogP contribution in [0.3, 0.4) is 0 Å². The number of unbranched alkanes of at least 4 members (excludes halogenated alkanes) is 2. The van der Waals surface area contributed by atoms with E-state index in [1.807, 2.05) is 31.2 Å². The van der Waals surface area contributed by atoms with Crippen LogP contribution in [0.4, 0.5) is 0 Å². The summed E-state index contributed by atoms with van der Waals surface area (Å²) in [4.78, 5) is 22.0. The van der Waals surface area contributed by atoms with Crippen molar-refractivity contribution >= 4 is 50.9 Å². The SMILES string of the molecule is CCCCCOC(=O)[C@H](C)Sc1ncnc2scc(-c3ccc(Cl)cc3)c12. The summed E-state index contributed by atoms with van der Waals surface area (Å²) in [7, 11) is 0. The van der Waals surface area contributed by atoms with Gasteiger partial charge >= 0.3 is 5.97 Å². The molecule has 0 fully saturated rings. The molecule has 0 aliphatic carbocycles. The van der Waals surface area contributed by atoms with Gasteiger partial charge in [0.2, 0.25) is 0 Å². The van der Waals surface area contributed by atoms with Crippen LogP contribution in [0, 0.1) is 0 Å². The van der Waals surface area contributed by atoms with Gasteiger partial charge < -0.3 is 4.74 Å². The summed E-state index contributed by atoms with van der Waals surface area (Å²) in [5, 5.41) is 4.20. The number of hydrogen-bond acceptors (Lipinski definition) is 6. The maximum absolute atomic E-state index is 12.3. The second-order valence-corrected chi connectivity index (χ2v) is 8.77. The molecular weight excluding hydrogens is 400 g/mol. The predicted molar refractivity (Wildman–Crippen MR) is 114 cm³/mol. The Morgan fingerprint density at radius 3 is 2.78 bits per heavy atom. The Morgan fingerprint density at radius 1 is 1.26 bits per heavy atom. The van der Waals surface area contributed by atoms with Crippen molar-refractivity contribution in [3.8, 4) is 11.1 Å². The summed E-state index contributed by atoms with van der Waals surface area (Å²) in [6, 6.07) is 7.70. The van der Waals surface area contributed by atoms with Gasteiger partial charge in [-0.15, -0.1) is 11.3 Å². The minimum absolute atomic E-state index is 0.203. The normalized spacial score (nSPS) is 12.3. The smallest absolute Gasteiger partial charge is 0.319 e. The standard InChI is InChI=1S/C20H21ClN2O2S2/c1-3-4-5-10-25-20(24)13(2)27-19-17-16(11-26-18(17)22-12-23-19)14-6-8-15(21)9-7-14/h6-9,11-13H,3-5,10H2,1-2H3/t13-/m0/s1. The Kier molecular flexibility index (Phi) is 7.10. The van der Waals surface area contributed by atoms with Crippen LogP contribution in [0.2, 0.25) is 5.02 Å². The van der Waals surface area contributed by atoms with Gasteiger partial charge in [-0.25, -0.2) is 9.97 Å². The summed E-state index contributed by atoms with van der Waals surface area (Å²) < 4.78 is 5.38. The molecule has 27 heavy (non-hydrogen) atoms. The molecule has 0 aliphatic rings. The first kappa shape index (κ1) is 20.1. The Labute approximate surface area is 172 Å². The number of benzene rings is 1. The molecule has 0 aliphatic heterocycles. The maximum Gasteiger partial charge on any atom is 0.319 e. The van der Waals surface area contributed by atoms with Crippen LogP contribution in [0.5, 0.6) is 0 Å². The average molecular weight is 421 g/mol. The second-order valence-electron chi connectivity index (χ2n) is 6.15. The first-order valence-corrected chi connectivity index (χ1v) is 11.0. The number of fused-ring (bicyclic) bond motifs is 1. The second kappa shape index (κ2) is 9.53. The summed E-state index contributed by atoms with van der Waals surface area (Å²) >= 11 is 8.99. The number of nitrogens with zero attached hydrogens (tertiary/aromatic N) is 2. The predicted octanol–water partition coefficient (Wildman–Crippen LogP) is 6.23.